The third kappa shape index (κ3) is 4.40. The van der Waals surface area contributed by atoms with Crippen LogP contribution in [0.1, 0.15) is 18.9 Å². The minimum absolute atomic E-state index is 0.202. The highest BCUT2D eigenvalue weighted by atomic mass is 79.9. The lowest BCUT2D eigenvalue weighted by molar-refractivity contribution is 0.283. The minimum atomic E-state index is -0.354. The Labute approximate surface area is 110 Å². The molecule has 1 aromatic rings. The number of hydrogen-bond acceptors (Lipinski definition) is 1. The van der Waals surface area contributed by atoms with Crippen LogP contribution in [0.15, 0.2) is 18.2 Å². The Balaban J connectivity index is 2.65. The second-order valence-corrected chi connectivity index (χ2v) is 4.91. The molecule has 4 heteroatoms. The maximum Gasteiger partial charge on any atom is 0.141 e. The molecule has 0 fully saturated rings. The van der Waals surface area contributed by atoms with E-state index < -0.39 is 0 Å². The summed E-state index contributed by atoms with van der Waals surface area (Å²) in [6, 6.07) is 4.92. The largest absolute Gasteiger partial charge is 0.298 e. The van der Waals surface area contributed by atoms with Gasteiger partial charge >= 0.3 is 0 Å². The normalized spacial score (nSPS) is 11.1. The first-order chi connectivity index (χ1) is 7.67. The van der Waals surface area contributed by atoms with Crippen LogP contribution in [0.5, 0.6) is 0 Å². The molecule has 0 N–H and O–H groups in total. The maximum atomic E-state index is 13.0. The van der Waals surface area contributed by atoms with Crippen molar-refractivity contribution in [3.05, 3.63) is 34.6 Å². The second-order valence-electron chi connectivity index (χ2n) is 3.71. The van der Waals surface area contributed by atoms with Crippen molar-refractivity contribution in [1.82, 2.24) is 4.90 Å². The standard InChI is InChI=1S/C12H16BrClFN/c1-2-6-16(7-5-13)9-10-3-4-12(15)11(14)8-10/h3-4,8H,2,5-7,9H2,1H3. The molecule has 0 radical (unpaired) electrons. The van der Waals surface area contributed by atoms with E-state index >= 15 is 0 Å². The molecule has 1 rings (SSSR count). The van der Waals surface area contributed by atoms with Gasteiger partial charge in [-0.2, -0.15) is 0 Å². The number of halogens is 3. The van der Waals surface area contributed by atoms with E-state index in [0.717, 1.165) is 36.9 Å². The molecule has 0 spiro atoms. The summed E-state index contributed by atoms with van der Waals surface area (Å²) >= 11 is 9.18. The van der Waals surface area contributed by atoms with Gasteiger partial charge in [-0.15, -0.1) is 0 Å². The van der Waals surface area contributed by atoms with E-state index in [1.54, 1.807) is 12.1 Å². The van der Waals surface area contributed by atoms with E-state index in [9.17, 15) is 4.39 Å². The lowest BCUT2D eigenvalue weighted by atomic mass is 10.2. The summed E-state index contributed by atoms with van der Waals surface area (Å²) in [6.45, 7) is 5.00. The van der Waals surface area contributed by atoms with E-state index in [0.29, 0.717) is 0 Å². The molecule has 0 saturated heterocycles. The number of hydrogen-bond donors (Lipinski definition) is 0. The van der Waals surface area contributed by atoms with Gasteiger partial charge in [0.05, 0.1) is 5.02 Å². The van der Waals surface area contributed by atoms with E-state index in [-0.39, 0.29) is 10.8 Å². The molecule has 16 heavy (non-hydrogen) atoms. The van der Waals surface area contributed by atoms with E-state index in [1.807, 2.05) is 0 Å². The smallest absolute Gasteiger partial charge is 0.141 e. The molecule has 0 aliphatic rings. The third-order valence-corrected chi connectivity index (χ3v) is 2.98. The van der Waals surface area contributed by atoms with Gasteiger partial charge in [-0.25, -0.2) is 4.39 Å². The summed E-state index contributed by atoms with van der Waals surface area (Å²) in [6.07, 6.45) is 1.11. The highest BCUT2D eigenvalue weighted by molar-refractivity contribution is 9.09. The van der Waals surface area contributed by atoms with Crippen LogP contribution in [0.25, 0.3) is 0 Å². The zero-order chi connectivity index (χ0) is 12.0. The van der Waals surface area contributed by atoms with Crippen molar-refractivity contribution in [1.29, 1.82) is 0 Å². The van der Waals surface area contributed by atoms with Crippen LogP contribution < -0.4 is 0 Å². The van der Waals surface area contributed by atoms with Gasteiger partial charge in [0.15, 0.2) is 0 Å². The highest BCUT2D eigenvalue weighted by Crippen LogP contribution is 2.17. The first-order valence-corrected chi connectivity index (χ1v) is 6.89. The lowest BCUT2D eigenvalue weighted by Gasteiger charge is -2.20. The number of nitrogens with zero attached hydrogens (tertiary/aromatic N) is 1. The van der Waals surface area contributed by atoms with E-state index in [1.165, 1.54) is 6.07 Å². The summed E-state index contributed by atoms with van der Waals surface area (Å²) in [5.74, 6) is -0.354. The second kappa shape index (κ2) is 7.25. The molecule has 0 bridgehead atoms. The molecule has 0 saturated carbocycles. The van der Waals surface area contributed by atoms with Crippen molar-refractivity contribution in [2.45, 2.75) is 19.9 Å². The Morgan fingerprint density at radius 2 is 2.12 bits per heavy atom. The Kier molecular flexibility index (Phi) is 6.32. The number of benzene rings is 1. The van der Waals surface area contributed by atoms with Crippen molar-refractivity contribution in [2.24, 2.45) is 0 Å². The zero-order valence-corrected chi connectivity index (χ0v) is 11.7. The van der Waals surface area contributed by atoms with Crippen LogP contribution in [0.3, 0.4) is 0 Å². The summed E-state index contributed by atoms with van der Waals surface area (Å²) in [4.78, 5) is 2.32. The molecular weight excluding hydrogens is 292 g/mol. The summed E-state index contributed by atoms with van der Waals surface area (Å²) < 4.78 is 13.0. The number of rotatable bonds is 6. The fraction of sp³-hybridized carbons (Fsp3) is 0.500. The molecule has 0 aliphatic carbocycles. The van der Waals surface area contributed by atoms with Crippen molar-refractivity contribution in [2.75, 3.05) is 18.4 Å². The SMILES string of the molecule is CCCN(CCBr)Cc1ccc(F)c(Cl)c1. The van der Waals surface area contributed by atoms with Crippen molar-refractivity contribution >= 4 is 27.5 Å². The average Bonchev–Trinajstić information content (AvgIpc) is 2.24. The fourth-order valence-corrected chi connectivity index (χ4v) is 2.31. The van der Waals surface area contributed by atoms with Crippen LogP contribution in [-0.4, -0.2) is 23.3 Å². The Bertz CT molecular complexity index is 327. The number of alkyl halides is 1. The first kappa shape index (κ1) is 13.9. The van der Waals surface area contributed by atoms with Crippen molar-refractivity contribution < 1.29 is 4.39 Å². The predicted octanol–water partition coefficient (Wildman–Crippen LogP) is 4.09. The Morgan fingerprint density at radius 3 is 2.69 bits per heavy atom. The molecule has 0 heterocycles. The van der Waals surface area contributed by atoms with Gasteiger partial charge < -0.3 is 0 Å². The molecule has 0 atom stereocenters. The molecule has 0 unspecified atom stereocenters. The van der Waals surface area contributed by atoms with Gasteiger partial charge in [-0.1, -0.05) is 40.5 Å². The van der Waals surface area contributed by atoms with Crippen molar-refractivity contribution in [3.8, 4) is 0 Å². The topological polar surface area (TPSA) is 3.24 Å². The molecule has 1 aromatic carbocycles. The molecule has 0 aromatic heterocycles. The Hall–Kier alpha value is -0.120. The summed E-state index contributed by atoms with van der Waals surface area (Å²) in [7, 11) is 0. The van der Waals surface area contributed by atoms with E-state index in [4.69, 9.17) is 11.6 Å². The maximum absolute atomic E-state index is 13.0. The van der Waals surface area contributed by atoms with Gasteiger partial charge in [-0.05, 0) is 30.7 Å². The van der Waals surface area contributed by atoms with Gasteiger partial charge in [-0.3, -0.25) is 4.90 Å². The predicted molar refractivity (Wildman–Crippen MR) is 70.8 cm³/mol. The minimum Gasteiger partial charge on any atom is -0.298 e. The summed E-state index contributed by atoms with van der Waals surface area (Å²) in [5, 5.41) is 1.15. The summed E-state index contributed by atoms with van der Waals surface area (Å²) in [5.41, 5.74) is 1.06. The lowest BCUT2D eigenvalue weighted by Crippen LogP contribution is -2.26. The van der Waals surface area contributed by atoms with Gasteiger partial charge in [0.25, 0.3) is 0 Å². The monoisotopic (exact) mass is 307 g/mol. The van der Waals surface area contributed by atoms with E-state index in [2.05, 4.69) is 27.8 Å². The molecule has 90 valence electrons. The van der Waals surface area contributed by atoms with Gasteiger partial charge in [0.1, 0.15) is 5.82 Å². The quantitative estimate of drug-likeness (QED) is 0.716. The fourth-order valence-electron chi connectivity index (χ4n) is 1.60. The van der Waals surface area contributed by atoms with Crippen LogP contribution in [-0.2, 0) is 6.54 Å². The highest BCUT2D eigenvalue weighted by Gasteiger charge is 2.06. The van der Waals surface area contributed by atoms with Crippen LogP contribution >= 0.6 is 27.5 Å². The van der Waals surface area contributed by atoms with Crippen LogP contribution in [0.4, 0.5) is 4.39 Å². The van der Waals surface area contributed by atoms with Gasteiger partial charge in [0.2, 0.25) is 0 Å². The van der Waals surface area contributed by atoms with Crippen LogP contribution in [0, 0.1) is 5.82 Å². The van der Waals surface area contributed by atoms with Crippen molar-refractivity contribution in [3.63, 3.8) is 0 Å². The first-order valence-electron chi connectivity index (χ1n) is 5.39. The average molecular weight is 309 g/mol. The molecule has 0 amide bonds. The van der Waals surface area contributed by atoms with Gasteiger partial charge in [0, 0.05) is 18.4 Å². The third-order valence-electron chi connectivity index (χ3n) is 2.33. The molecule has 1 nitrogen and oxygen atoms in total. The Morgan fingerprint density at radius 1 is 1.38 bits per heavy atom. The molecular formula is C12H16BrClFN. The van der Waals surface area contributed by atoms with Crippen LogP contribution in [0.2, 0.25) is 5.02 Å². The zero-order valence-electron chi connectivity index (χ0n) is 9.35. The molecule has 0 aliphatic heterocycles.